The normalized spacial score (nSPS) is 11.6. The van der Waals surface area contributed by atoms with Gasteiger partial charge in [0.1, 0.15) is 16.5 Å². The standard InChI is InChI=1S/C11H8ClFN3O4S/c1-15-11(21(2,19)20)9(12)10(14-15)7-4-3-6(16(17)18)5-8(7)13/h4-5H,1-2H3. The van der Waals surface area contributed by atoms with Gasteiger partial charge in [-0.25, -0.2) is 12.8 Å². The van der Waals surface area contributed by atoms with Crippen molar-refractivity contribution in [1.82, 2.24) is 9.78 Å². The molecule has 2 aromatic rings. The summed E-state index contributed by atoms with van der Waals surface area (Å²) in [5.41, 5.74) is -0.842. The van der Waals surface area contributed by atoms with E-state index in [-0.39, 0.29) is 21.3 Å². The zero-order valence-corrected chi connectivity index (χ0v) is 12.4. The van der Waals surface area contributed by atoms with Gasteiger partial charge < -0.3 is 0 Å². The number of hydrogen-bond acceptors (Lipinski definition) is 5. The molecule has 0 atom stereocenters. The summed E-state index contributed by atoms with van der Waals surface area (Å²) in [5, 5.41) is 13.9. The Bertz CT molecular complexity index is 847. The molecule has 0 aliphatic heterocycles. The molecule has 1 radical (unpaired) electrons. The van der Waals surface area contributed by atoms with Crippen LogP contribution in [0.15, 0.2) is 17.2 Å². The summed E-state index contributed by atoms with van der Waals surface area (Å²) in [5.74, 6) is -0.944. The number of aromatic nitrogens is 2. The Morgan fingerprint density at radius 3 is 2.57 bits per heavy atom. The number of nitro groups is 1. The lowest BCUT2D eigenvalue weighted by Crippen LogP contribution is -2.05. The van der Waals surface area contributed by atoms with Crippen LogP contribution in [-0.2, 0) is 16.9 Å². The second kappa shape index (κ2) is 5.08. The van der Waals surface area contributed by atoms with Crippen molar-refractivity contribution in [2.75, 3.05) is 6.26 Å². The molecule has 0 amide bonds. The molecule has 1 aromatic heterocycles. The third-order valence-corrected chi connectivity index (χ3v) is 4.27. The first-order valence-corrected chi connectivity index (χ1v) is 7.68. The Balaban J connectivity index is 2.67. The van der Waals surface area contributed by atoms with E-state index in [0.29, 0.717) is 6.07 Å². The smallest absolute Gasteiger partial charge is 0.258 e. The minimum atomic E-state index is -3.66. The highest BCUT2D eigenvalue weighted by molar-refractivity contribution is 7.90. The highest BCUT2D eigenvalue weighted by Crippen LogP contribution is 2.34. The van der Waals surface area contributed by atoms with Gasteiger partial charge in [0.15, 0.2) is 14.9 Å². The summed E-state index contributed by atoms with van der Waals surface area (Å²) in [4.78, 5) is 9.74. The first-order chi connectivity index (χ1) is 9.62. The van der Waals surface area contributed by atoms with Crippen molar-refractivity contribution in [2.24, 2.45) is 7.05 Å². The third kappa shape index (κ3) is 2.74. The second-order valence-corrected chi connectivity index (χ2v) is 6.51. The number of non-ortho nitro benzene ring substituents is 1. The maximum Gasteiger partial charge on any atom is 0.280 e. The molecule has 0 fully saturated rings. The van der Waals surface area contributed by atoms with E-state index >= 15 is 0 Å². The Morgan fingerprint density at radius 1 is 1.52 bits per heavy atom. The molecule has 0 saturated heterocycles. The van der Waals surface area contributed by atoms with Gasteiger partial charge in [-0.05, 0) is 6.07 Å². The van der Waals surface area contributed by atoms with Crippen molar-refractivity contribution >= 4 is 27.1 Å². The maximum absolute atomic E-state index is 13.9. The van der Waals surface area contributed by atoms with Crippen LogP contribution < -0.4 is 0 Å². The molecule has 0 aliphatic rings. The molecule has 0 bridgehead atoms. The van der Waals surface area contributed by atoms with E-state index in [2.05, 4.69) is 11.2 Å². The number of aryl methyl sites for hydroxylation is 1. The fourth-order valence-corrected chi connectivity index (χ4v) is 3.42. The average Bonchev–Trinajstić information content (AvgIpc) is 2.63. The highest BCUT2D eigenvalue weighted by atomic mass is 35.5. The predicted octanol–water partition coefficient (Wildman–Crippen LogP) is 1.99. The van der Waals surface area contributed by atoms with E-state index in [1.807, 2.05) is 0 Å². The van der Waals surface area contributed by atoms with E-state index in [0.717, 1.165) is 17.0 Å². The van der Waals surface area contributed by atoms with Crippen molar-refractivity contribution in [1.29, 1.82) is 0 Å². The lowest BCUT2D eigenvalue weighted by atomic mass is 10.1. The van der Waals surface area contributed by atoms with Crippen molar-refractivity contribution in [3.63, 3.8) is 0 Å². The van der Waals surface area contributed by atoms with E-state index in [1.54, 1.807) is 0 Å². The zero-order valence-electron chi connectivity index (χ0n) is 10.8. The van der Waals surface area contributed by atoms with Crippen molar-refractivity contribution in [3.05, 3.63) is 39.2 Å². The number of halogens is 2. The fourth-order valence-electron chi connectivity index (χ4n) is 1.80. The van der Waals surface area contributed by atoms with Gasteiger partial charge in [0, 0.05) is 18.9 Å². The molecule has 1 heterocycles. The number of rotatable bonds is 3. The fraction of sp³-hybridized carbons (Fsp3) is 0.182. The number of sulfone groups is 1. The molecular weight excluding hydrogens is 325 g/mol. The number of nitro benzene ring substituents is 1. The average molecular weight is 333 g/mol. The van der Waals surface area contributed by atoms with Crippen LogP contribution >= 0.6 is 11.6 Å². The van der Waals surface area contributed by atoms with E-state index in [4.69, 9.17) is 11.6 Å². The van der Waals surface area contributed by atoms with Crippen LogP contribution in [0.1, 0.15) is 0 Å². The van der Waals surface area contributed by atoms with Crippen molar-refractivity contribution < 1.29 is 17.7 Å². The minimum Gasteiger partial charge on any atom is -0.258 e. The van der Waals surface area contributed by atoms with Crippen LogP contribution in [0.5, 0.6) is 0 Å². The molecule has 0 saturated carbocycles. The van der Waals surface area contributed by atoms with Gasteiger partial charge in [0.25, 0.3) is 5.69 Å². The van der Waals surface area contributed by atoms with Crippen LogP contribution in [0, 0.1) is 22.0 Å². The zero-order chi connectivity index (χ0) is 15.9. The van der Waals surface area contributed by atoms with Gasteiger partial charge in [-0.15, -0.1) is 0 Å². The molecule has 7 nitrogen and oxygen atoms in total. The molecule has 21 heavy (non-hydrogen) atoms. The predicted molar refractivity (Wildman–Crippen MR) is 72.2 cm³/mol. The molecule has 1 aromatic carbocycles. The second-order valence-electron chi connectivity index (χ2n) is 4.20. The van der Waals surface area contributed by atoms with Crippen LogP contribution in [0.2, 0.25) is 5.02 Å². The molecule has 111 valence electrons. The number of benzene rings is 1. The molecule has 2 rings (SSSR count). The Labute approximate surface area is 124 Å². The van der Waals surface area contributed by atoms with Crippen LogP contribution in [0.3, 0.4) is 0 Å². The summed E-state index contributed by atoms with van der Waals surface area (Å²) in [6.45, 7) is 0. The Morgan fingerprint density at radius 2 is 2.14 bits per heavy atom. The number of hydrogen-bond donors (Lipinski definition) is 0. The lowest BCUT2D eigenvalue weighted by molar-refractivity contribution is -0.385. The molecule has 0 unspecified atom stereocenters. The minimum absolute atomic E-state index is 0.122. The lowest BCUT2D eigenvalue weighted by Gasteiger charge is -2.00. The first-order valence-electron chi connectivity index (χ1n) is 5.41. The van der Waals surface area contributed by atoms with Crippen molar-refractivity contribution in [3.8, 4) is 11.3 Å². The summed E-state index contributed by atoms with van der Waals surface area (Å²) in [6, 6.07) is 3.95. The van der Waals surface area contributed by atoms with Gasteiger partial charge in [0.05, 0.1) is 17.1 Å². The quantitative estimate of drug-likeness (QED) is 0.632. The SMILES string of the molecule is Cn1nc(-c2c[c]c([N+](=O)[O-])cc2F)c(Cl)c1S(C)(=O)=O. The van der Waals surface area contributed by atoms with Crippen LogP contribution in [-0.4, -0.2) is 29.4 Å². The van der Waals surface area contributed by atoms with Gasteiger partial charge in [0.2, 0.25) is 0 Å². The largest absolute Gasteiger partial charge is 0.280 e. The van der Waals surface area contributed by atoms with E-state index in [9.17, 15) is 22.9 Å². The summed E-state index contributed by atoms with van der Waals surface area (Å²) >= 11 is 5.95. The highest BCUT2D eigenvalue weighted by Gasteiger charge is 2.25. The van der Waals surface area contributed by atoms with E-state index < -0.39 is 26.3 Å². The van der Waals surface area contributed by atoms with Gasteiger partial charge >= 0.3 is 0 Å². The topological polar surface area (TPSA) is 95.1 Å². The summed E-state index contributed by atoms with van der Waals surface area (Å²) < 4.78 is 38.2. The van der Waals surface area contributed by atoms with Gasteiger partial charge in [-0.3, -0.25) is 14.8 Å². The number of nitrogens with zero attached hydrogens (tertiary/aromatic N) is 3. The molecular formula is C11H8ClFN3O4S. The Hall–Kier alpha value is -2.00. The first kappa shape index (κ1) is 15.4. The maximum atomic E-state index is 13.9. The van der Waals surface area contributed by atoms with Crippen LogP contribution in [0.25, 0.3) is 11.3 Å². The van der Waals surface area contributed by atoms with Gasteiger partial charge in [-0.1, -0.05) is 11.6 Å². The summed E-state index contributed by atoms with van der Waals surface area (Å²) in [6.07, 6.45) is 0.942. The summed E-state index contributed by atoms with van der Waals surface area (Å²) in [7, 11) is -2.31. The van der Waals surface area contributed by atoms with Crippen molar-refractivity contribution in [2.45, 2.75) is 5.03 Å². The monoisotopic (exact) mass is 332 g/mol. The third-order valence-electron chi connectivity index (χ3n) is 2.63. The molecule has 0 N–H and O–H groups in total. The van der Waals surface area contributed by atoms with Gasteiger partial charge in [-0.2, -0.15) is 5.10 Å². The van der Waals surface area contributed by atoms with E-state index in [1.165, 1.54) is 7.05 Å². The molecule has 0 spiro atoms. The molecule has 0 aliphatic carbocycles. The molecule has 10 heteroatoms. The van der Waals surface area contributed by atoms with Crippen LogP contribution in [0.4, 0.5) is 10.1 Å². The Kier molecular flexibility index (Phi) is 3.72.